The molecular formula is C23H31N3O3S. The summed E-state index contributed by atoms with van der Waals surface area (Å²) in [5.41, 5.74) is 1.93. The normalized spacial score (nSPS) is 15.7. The summed E-state index contributed by atoms with van der Waals surface area (Å²) >= 11 is 0. The van der Waals surface area contributed by atoms with Gasteiger partial charge in [-0.15, -0.1) is 0 Å². The quantitative estimate of drug-likeness (QED) is 0.628. The van der Waals surface area contributed by atoms with Crippen LogP contribution >= 0.6 is 0 Å². The lowest BCUT2D eigenvalue weighted by Gasteiger charge is -2.30. The molecule has 1 heterocycles. The molecule has 1 aliphatic heterocycles. The third-order valence-corrected chi connectivity index (χ3v) is 6.94. The molecule has 162 valence electrons. The molecule has 1 aliphatic rings. The van der Waals surface area contributed by atoms with Crippen molar-refractivity contribution < 1.29 is 13.2 Å². The highest BCUT2D eigenvalue weighted by Crippen LogP contribution is 2.18. The van der Waals surface area contributed by atoms with E-state index in [1.165, 1.54) is 12.8 Å². The first-order valence-electron chi connectivity index (χ1n) is 10.5. The summed E-state index contributed by atoms with van der Waals surface area (Å²) in [6, 6.07) is 13.1. The number of piperidine rings is 1. The lowest BCUT2D eigenvalue weighted by atomic mass is 9.99. The van der Waals surface area contributed by atoms with Crippen LogP contribution in [0.4, 0.5) is 5.69 Å². The summed E-state index contributed by atoms with van der Waals surface area (Å²) in [5, 5.41) is 2.94. The van der Waals surface area contributed by atoms with Gasteiger partial charge in [0.1, 0.15) is 0 Å². The molecule has 2 aromatic rings. The standard InChI is InChI=1S/C23H31N3O3S/c1-18-4-10-22(11-5-18)30(28,29)25-21-8-6-20(7-9-21)23(27)24-14-3-15-26-16-12-19(2)13-17-26/h4-11,19,25H,3,12-17H2,1-2H3,(H,24,27). The van der Waals surface area contributed by atoms with Crippen molar-refractivity contribution in [3.05, 3.63) is 59.7 Å². The molecular weight excluding hydrogens is 398 g/mol. The van der Waals surface area contributed by atoms with E-state index in [9.17, 15) is 13.2 Å². The van der Waals surface area contributed by atoms with Crippen molar-refractivity contribution in [1.82, 2.24) is 10.2 Å². The number of rotatable bonds is 8. The maximum absolute atomic E-state index is 12.5. The van der Waals surface area contributed by atoms with Crippen molar-refractivity contribution in [2.75, 3.05) is 30.9 Å². The molecule has 0 aliphatic carbocycles. The van der Waals surface area contributed by atoms with Crippen LogP contribution in [0.5, 0.6) is 0 Å². The minimum Gasteiger partial charge on any atom is -0.352 e. The van der Waals surface area contributed by atoms with Gasteiger partial charge in [0.25, 0.3) is 15.9 Å². The molecule has 3 rings (SSSR count). The third kappa shape index (κ3) is 6.31. The molecule has 6 nitrogen and oxygen atoms in total. The van der Waals surface area contributed by atoms with Gasteiger partial charge in [0, 0.05) is 17.8 Å². The molecule has 0 saturated carbocycles. The van der Waals surface area contributed by atoms with E-state index in [1.807, 2.05) is 6.92 Å². The molecule has 0 spiro atoms. The number of benzene rings is 2. The fourth-order valence-electron chi connectivity index (χ4n) is 3.51. The van der Waals surface area contributed by atoms with Crippen LogP contribution in [0.1, 0.15) is 42.1 Å². The number of likely N-dealkylation sites (tertiary alicyclic amines) is 1. The van der Waals surface area contributed by atoms with Crippen molar-refractivity contribution in [2.45, 2.75) is 38.0 Å². The lowest BCUT2D eigenvalue weighted by molar-refractivity contribution is 0.0950. The third-order valence-electron chi connectivity index (χ3n) is 5.54. The van der Waals surface area contributed by atoms with Gasteiger partial charge in [-0.2, -0.15) is 0 Å². The van der Waals surface area contributed by atoms with E-state index in [2.05, 4.69) is 21.9 Å². The monoisotopic (exact) mass is 429 g/mol. The molecule has 0 unspecified atom stereocenters. The first-order chi connectivity index (χ1) is 14.3. The Labute approximate surface area is 179 Å². The van der Waals surface area contributed by atoms with E-state index < -0.39 is 10.0 Å². The van der Waals surface area contributed by atoms with Crippen LogP contribution in [0, 0.1) is 12.8 Å². The summed E-state index contributed by atoms with van der Waals surface area (Å²) in [6.07, 6.45) is 3.44. The van der Waals surface area contributed by atoms with Crippen molar-refractivity contribution >= 4 is 21.6 Å². The molecule has 30 heavy (non-hydrogen) atoms. The lowest BCUT2D eigenvalue weighted by Crippen LogP contribution is -2.35. The van der Waals surface area contributed by atoms with Crippen molar-refractivity contribution in [3.8, 4) is 0 Å². The maximum atomic E-state index is 12.5. The molecule has 0 radical (unpaired) electrons. The van der Waals surface area contributed by atoms with E-state index in [1.54, 1.807) is 48.5 Å². The Morgan fingerprint density at radius 1 is 1.03 bits per heavy atom. The average Bonchev–Trinajstić information content (AvgIpc) is 2.73. The largest absolute Gasteiger partial charge is 0.352 e. The van der Waals surface area contributed by atoms with Crippen molar-refractivity contribution in [2.24, 2.45) is 5.92 Å². The van der Waals surface area contributed by atoms with Gasteiger partial charge in [0.05, 0.1) is 4.90 Å². The summed E-state index contributed by atoms with van der Waals surface area (Å²) in [6.45, 7) is 8.14. The zero-order valence-corrected chi connectivity index (χ0v) is 18.5. The SMILES string of the molecule is Cc1ccc(S(=O)(=O)Nc2ccc(C(=O)NCCCN3CCC(C)CC3)cc2)cc1. The molecule has 2 aromatic carbocycles. The number of hydrogen-bond donors (Lipinski definition) is 2. The summed E-state index contributed by atoms with van der Waals surface area (Å²) < 4.78 is 27.5. The predicted molar refractivity (Wildman–Crippen MR) is 120 cm³/mol. The second-order valence-corrected chi connectivity index (χ2v) is 9.81. The summed E-state index contributed by atoms with van der Waals surface area (Å²) in [4.78, 5) is 15.0. The number of aryl methyl sites for hydroxylation is 1. The van der Waals surface area contributed by atoms with Crippen molar-refractivity contribution in [3.63, 3.8) is 0 Å². The fourth-order valence-corrected chi connectivity index (χ4v) is 4.57. The number of carbonyl (C=O) groups is 1. The van der Waals surface area contributed by atoms with Crippen LogP contribution < -0.4 is 10.0 Å². The van der Waals surface area contributed by atoms with Gasteiger partial charge in [-0.3, -0.25) is 9.52 Å². The Morgan fingerprint density at radius 2 is 1.67 bits per heavy atom. The van der Waals surface area contributed by atoms with Crippen LogP contribution in [0.2, 0.25) is 0 Å². The molecule has 2 N–H and O–H groups in total. The van der Waals surface area contributed by atoms with Gasteiger partial charge < -0.3 is 10.2 Å². The van der Waals surface area contributed by atoms with E-state index >= 15 is 0 Å². The number of sulfonamides is 1. The molecule has 0 atom stereocenters. The minimum atomic E-state index is -3.65. The first kappa shape index (κ1) is 22.3. The number of carbonyl (C=O) groups excluding carboxylic acids is 1. The van der Waals surface area contributed by atoms with Gasteiger partial charge in [0.2, 0.25) is 0 Å². The fraction of sp³-hybridized carbons (Fsp3) is 0.435. The van der Waals surface area contributed by atoms with Crippen LogP contribution in [0.3, 0.4) is 0 Å². The van der Waals surface area contributed by atoms with Gasteiger partial charge in [0.15, 0.2) is 0 Å². The highest BCUT2D eigenvalue weighted by atomic mass is 32.2. The number of nitrogens with one attached hydrogen (secondary N) is 2. The molecule has 0 bridgehead atoms. The topological polar surface area (TPSA) is 78.5 Å². The van der Waals surface area contributed by atoms with Crippen LogP contribution in [0.25, 0.3) is 0 Å². The zero-order chi connectivity index (χ0) is 21.6. The Hall–Kier alpha value is -2.38. The molecule has 1 amide bonds. The highest BCUT2D eigenvalue weighted by molar-refractivity contribution is 7.92. The van der Waals surface area contributed by atoms with Crippen LogP contribution in [0.15, 0.2) is 53.4 Å². The smallest absolute Gasteiger partial charge is 0.261 e. The average molecular weight is 430 g/mol. The summed E-state index contributed by atoms with van der Waals surface area (Å²) in [5.74, 6) is 0.681. The minimum absolute atomic E-state index is 0.143. The van der Waals surface area contributed by atoms with Crippen molar-refractivity contribution in [1.29, 1.82) is 0 Å². The molecule has 7 heteroatoms. The van der Waals surface area contributed by atoms with Gasteiger partial charge >= 0.3 is 0 Å². The number of hydrogen-bond acceptors (Lipinski definition) is 4. The van der Waals surface area contributed by atoms with Gasteiger partial charge in [-0.1, -0.05) is 24.6 Å². The Morgan fingerprint density at radius 3 is 2.30 bits per heavy atom. The van der Waals surface area contributed by atoms with Gasteiger partial charge in [-0.25, -0.2) is 8.42 Å². The Kier molecular flexibility index (Phi) is 7.50. The highest BCUT2D eigenvalue weighted by Gasteiger charge is 2.16. The maximum Gasteiger partial charge on any atom is 0.261 e. The van der Waals surface area contributed by atoms with E-state index in [0.29, 0.717) is 17.8 Å². The van der Waals surface area contributed by atoms with E-state index in [0.717, 1.165) is 37.5 Å². The number of nitrogens with zero attached hydrogens (tertiary/aromatic N) is 1. The zero-order valence-electron chi connectivity index (χ0n) is 17.7. The molecule has 1 fully saturated rings. The summed E-state index contributed by atoms with van der Waals surface area (Å²) in [7, 11) is -3.65. The van der Waals surface area contributed by atoms with Crippen LogP contribution in [-0.4, -0.2) is 45.4 Å². The molecule has 0 aromatic heterocycles. The molecule has 1 saturated heterocycles. The predicted octanol–water partition coefficient (Wildman–Crippen LogP) is 3.65. The van der Waals surface area contributed by atoms with Crippen LogP contribution in [-0.2, 0) is 10.0 Å². The van der Waals surface area contributed by atoms with Gasteiger partial charge in [-0.05, 0) is 88.1 Å². The second kappa shape index (κ2) is 10.1. The number of amides is 1. The second-order valence-electron chi connectivity index (χ2n) is 8.13. The van der Waals surface area contributed by atoms with E-state index in [4.69, 9.17) is 0 Å². The van der Waals surface area contributed by atoms with E-state index in [-0.39, 0.29) is 10.8 Å². The Bertz CT molecular complexity index is 933. The first-order valence-corrected chi connectivity index (χ1v) is 12.0. The number of anilines is 1. The Balaban J connectivity index is 1.46.